The topological polar surface area (TPSA) is 49.8 Å². The monoisotopic (exact) mass is 282 g/mol. The largest absolute Gasteiger partial charge is 0.366 e. The Hall–Kier alpha value is -1.01. The van der Waals surface area contributed by atoms with Gasteiger partial charge in [-0.1, -0.05) is 6.92 Å². The number of rotatable bonds is 6. The van der Waals surface area contributed by atoms with Crippen LogP contribution >= 0.6 is 23.1 Å². The van der Waals surface area contributed by atoms with Crippen molar-refractivity contribution in [3.05, 3.63) is 11.4 Å². The minimum absolute atomic E-state index is 0.401. The van der Waals surface area contributed by atoms with Crippen molar-refractivity contribution in [1.82, 2.24) is 9.97 Å². The van der Waals surface area contributed by atoms with Gasteiger partial charge in [0.05, 0.1) is 5.39 Å². The van der Waals surface area contributed by atoms with E-state index in [0.717, 1.165) is 27.5 Å². The first kappa shape index (κ1) is 13.4. The Morgan fingerprint density at radius 2 is 2.28 bits per heavy atom. The van der Waals surface area contributed by atoms with Gasteiger partial charge in [0.25, 0.3) is 0 Å². The molecule has 0 amide bonds. The Morgan fingerprint density at radius 3 is 3.00 bits per heavy atom. The van der Waals surface area contributed by atoms with E-state index < -0.39 is 0 Å². The van der Waals surface area contributed by atoms with E-state index in [0.29, 0.717) is 12.0 Å². The molecule has 18 heavy (non-hydrogen) atoms. The van der Waals surface area contributed by atoms with Gasteiger partial charge < -0.3 is 10.6 Å². The van der Waals surface area contributed by atoms with E-state index in [2.05, 4.69) is 45.9 Å². The van der Waals surface area contributed by atoms with Crippen molar-refractivity contribution in [2.75, 3.05) is 29.2 Å². The molecule has 0 fully saturated rings. The number of fused-ring (bicyclic) bond motifs is 1. The number of thioether (sulfide) groups is 1. The summed E-state index contributed by atoms with van der Waals surface area (Å²) in [6.45, 7) is 4.36. The molecule has 0 aliphatic rings. The van der Waals surface area contributed by atoms with E-state index in [1.807, 2.05) is 18.8 Å². The number of hydrogen-bond acceptors (Lipinski definition) is 6. The minimum Gasteiger partial charge on any atom is -0.366 e. The lowest BCUT2D eigenvalue weighted by Crippen LogP contribution is -2.19. The van der Waals surface area contributed by atoms with Crippen LogP contribution in [0.2, 0.25) is 0 Å². The first-order chi connectivity index (χ1) is 8.74. The second kappa shape index (κ2) is 6.24. The van der Waals surface area contributed by atoms with Crippen LogP contribution in [0.3, 0.4) is 0 Å². The summed E-state index contributed by atoms with van der Waals surface area (Å²) in [5.74, 6) is 3.82. The van der Waals surface area contributed by atoms with Crippen LogP contribution in [0.25, 0.3) is 10.2 Å². The van der Waals surface area contributed by atoms with Gasteiger partial charge >= 0.3 is 0 Å². The second-order valence-electron chi connectivity index (χ2n) is 3.99. The highest BCUT2D eigenvalue weighted by Gasteiger charge is 2.10. The molecule has 0 aliphatic carbocycles. The third kappa shape index (κ3) is 3.05. The molecule has 2 rings (SSSR count). The Bertz CT molecular complexity index is 512. The van der Waals surface area contributed by atoms with Crippen LogP contribution in [-0.4, -0.2) is 34.6 Å². The molecule has 0 spiro atoms. The molecule has 0 aromatic carbocycles. The van der Waals surface area contributed by atoms with Crippen molar-refractivity contribution < 1.29 is 0 Å². The fourth-order valence-corrected chi connectivity index (χ4v) is 3.08. The van der Waals surface area contributed by atoms with E-state index in [1.165, 1.54) is 0 Å². The third-order valence-corrected chi connectivity index (χ3v) is 4.45. The van der Waals surface area contributed by atoms with Gasteiger partial charge in [0, 0.05) is 18.8 Å². The molecule has 0 saturated heterocycles. The standard InChI is InChI=1S/C12H18N4S2/c1-4-17-7-8(2)14-10-9-5-6-18-11(9)16-12(13-3)15-10/h5-6,8H,4,7H2,1-3H3,(H2,13,14,15,16). The summed E-state index contributed by atoms with van der Waals surface area (Å²) in [4.78, 5) is 9.96. The molecular formula is C12H18N4S2. The molecule has 0 bridgehead atoms. The van der Waals surface area contributed by atoms with Crippen LogP contribution in [0.5, 0.6) is 0 Å². The number of nitrogens with zero attached hydrogens (tertiary/aromatic N) is 2. The molecule has 0 radical (unpaired) electrons. The fourth-order valence-electron chi connectivity index (χ4n) is 1.65. The summed E-state index contributed by atoms with van der Waals surface area (Å²) < 4.78 is 0. The van der Waals surface area contributed by atoms with Crippen LogP contribution in [0.15, 0.2) is 11.4 Å². The quantitative estimate of drug-likeness (QED) is 0.851. The number of thiophene rings is 1. The second-order valence-corrected chi connectivity index (χ2v) is 6.20. The van der Waals surface area contributed by atoms with Gasteiger partial charge in [0.2, 0.25) is 5.95 Å². The normalized spacial score (nSPS) is 12.6. The van der Waals surface area contributed by atoms with E-state index in [9.17, 15) is 0 Å². The van der Waals surface area contributed by atoms with Crippen LogP contribution in [0, 0.1) is 0 Å². The Labute approximate surface area is 116 Å². The maximum atomic E-state index is 4.50. The van der Waals surface area contributed by atoms with Gasteiger partial charge in [0.1, 0.15) is 10.6 Å². The third-order valence-electron chi connectivity index (χ3n) is 2.50. The van der Waals surface area contributed by atoms with E-state index in [1.54, 1.807) is 11.3 Å². The smallest absolute Gasteiger partial charge is 0.225 e. The molecule has 2 heterocycles. The van der Waals surface area contributed by atoms with Crippen LogP contribution < -0.4 is 10.6 Å². The molecule has 0 saturated carbocycles. The molecular weight excluding hydrogens is 264 g/mol. The maximum Gasteiger partial charge on any atom is 0.225 e. The van der Waals surface area contributed by atoms with Gasteiger partial charge in [-0.15, -0.1) is 11.3 Å². The average Bonchev–Trinajstić information content (AvgIpc) is 2.84. The van der Waals surface area contributed by atoms with E-state index in [-0.39, 0.29) is 0 Å². The lowest BCUT2D eigenvalue weighted by molar-refractivity contribution is 0.904. The van der Waals surface area contributed by atoms with Crippen molar-refractivity contribution in [3.63, 3.8) is 0 Å². The highest BCUT2D eigenvalue weighted by Crippen LogP contribution is 2.27. The molecule has 6 heteroatoms. The zero-order valence-corrected chi connectivity index (χ0v) is 12.5. The summed E-state index contributed by atoms with van der Waals surface area (Å²) >= 11 is 3.57. The molecule has 1 atom stereocenters. The van der Waals surface area contributed by atoms with Crippen LogP contribution in [0.1, 0.15) is 13.8 Å². The molecule has 2 N–H and O–H groups in total. The van der Waals surface area contributed by atoms with E-state index >= 15 is 0 Å². The Morgan fingerprint density at radius 1 is 1.44 bits per heavy atom. The summed E-state index contributed by atoms with van der Waals surface area (Å²) in [5, 5.41) is 9.64. The van der Waals surface area contributed by atoms with Crippen molar-refractivity contribution in [2.45, 2.75) is 19.9 Å². The zero-order chi connectivity index (χ0) is 13.0. The molecule has 2 aromatic rings. The van der Waals surface area contributed by atoms with Gasteiger partial charge in [-0.05, 0) is 24.1 Å². The minimum atomic E-state index is 0.401. The van der Waals surface area contributed by atoms with Crippen molar-refractivity contribution in [3.8, 4) is 0 Å². The first-order valence-electron chi connectivity index (χ1n) is 6.01. The maximum absolute atomic E-state index is 4.50. The fraction of sp³-hybridized carbons (Fsp3) is 0.500. The molecule has 0 aliphatic heterocycles. The summed E-state index contributed by atoms with van der Waals surface area (Å²) in [5.41, 5.74) is 0. The van der Waals surface area contributed by atoms with Gasteiger partial charge in [-0.3, -0.25) is 0 Å². The summed E-state index contributed by atoms with van der Waals surface area (Å²) in [6, 6.07) is 2.47. The van der Waals surface area contributed by atoms with Crippen molar-refractivity contribution in [1.29, 1.82) is 0 Å². The Kier molecular flexibility index (Phi) is 4.66. The lowest BCUT2D eigenvalue weighted by atomic mass is 10.3. The highest BCUT2D eigenvalue weighted by atomic mass is 32.2. The van der Waals surface area contributed by atoms with Gasteiger partial charge in [-0.2, -0.15) is 16.7 Å². The summed E-state index contributed by atoms with van der Waals surface area (Å²) in [6.07, 6.45) is 0. The van der Waals surface area contributed by atoms with Crippen molar-refractivity contribution in [2.24, 2.45) is 0 Å². The van der Waals surface area contributed by atoms with Gasteiger partial charge in [0.15, 0.2) is 0 Å². The number of aromatic nitrogens is 2. The predicted octanol–water partition coefficient (Wildman–Crippen LogP) is 3.29. The van der Waals surface area contributed by atoms with Gasteiger partial charge in [-0.25, -0.2) is 4.98 Å². The molecule has 2 aromatic heterocycles. The summed E-state index contributed by atoms with van der Waals surface area (Å²) in [7, 11) is 1.84. The SMILES string of the molecule is CCSCC(C)Nc1nc(NC)nc2sccc12. The Balaban J connectivity index is 2.22. The highest BCUT2D eigenvalue weighted by molar-refractivity contribution is 7.99. The van der Waals surface area contributed by atoms with Crippen molar-refractivity contribution >= 4 is 45.1 Å². The predicted molar refractivity (Wildman–Crippen MR) is 83.0 cm³/mol. The van der Waals surface area contributed by atoms with E-state index in [4.69, 9.17) is 0 Å². The average molecular weight is 282 g/mol. The van der Waals surface area contributed by atoms with Crippen LogP contribution in [-0.2, 0) is 0 Å². The van der Waals surface area contributed by atoms with Crippen LogP contribution in [0.4, 0.5) is 11.8 Å². The molecule has 4 nitrogen and oxygen atoms in total. The number of anilines is 2. The lowest BCUT2D eigenvalue weighted by Gasteiger charge is -2.15. The molecule has 98 valence electrons. The zero-order valence-electron chi connectivity index (χ0n) is 10.9. The number of nitrogens with one attached hydrogen (secondary N) is 2. The number of hydrogen-bond donors (Lipinski definition) is 2. The first-order valence-corrected chi connectivity index (χ1v) is 8.05. The molecule has 1 unspecified atom stereocenters.